The molecule has 2 aliphatic rings. The van der Waals surface area contributed by atoms with Gasteiger partial charge in [-0.3, -0.25) is 4.79 Å². The minimum absolute atomic E-state index is 0.335. The molecule has 0 radical (unpaired) electrons. The van der Waals surface area contributed by atoms with Gasteiger partial charge in [-0.2, -0.15) is 0 Å². The van der Waals surface area contributed by atoms with E-state index in [1.807, 2.05) is 31.2 Å². The maximum atomic E-state index is 12.2. The fraction of sp³-hybridized carbons (Fsp3) is 0.533. The van der Waals surface area contributed by atoms with Gasteiger partial charge in [0.15, 0.2) is 5.78 Å². The van der Waals surface area contributed by atoms with Crippen molar-refractivity contribution in [2.24, 2.45) is 17.8 Å². The molecule has 0 aromatic heterocycles. The largest absolute Gasteiger partial charge is 0.494 e. The fourth-order valence-corrected chi connectivity index (χ4v) is 3.28. The van der Waals surface area contributed by atoms with Gasteiger partial charge in [-0.25, -0.2) is 0 Å². The smallest absolute Gasteiger partial charge is 0.166 e. The molecule has 2 atom stereocenters. The molecule has 2 aliphatic carbocycles. The van der Waals surface area contributed by atoms with Crippen molar-refractivity contribution in [2.75, 3.05) is 6.61 Å². The summed E-state index contributed by atoms with van der Waals surface area (Å²) in [4.78, 5) is 12.2. The highest BCUT2D eigenvalue weighted by Gasteiger charge is 2.56. The van der Waals surface area contributed by atoms with Crippen molar-refractivity contribution in [1.29, 1.82) is 0 Å². The van der Waals surface area contributed by atoms with Gasteiger partial charge in [0.05, 0.1) is 6.61 Å². The molecule has 0 saturated heterocycles. The molecule has 2 unspecified atom stereocenters. The second kappa shape index (κ2) is 4.17. The topological polar surface area (TPSA) is 26.3 Å². The summed E-state index contributed by atoms with van der Waals surface area (Å²) >= 11 is 0. The Balaban J connectivity index is 1.70. The lowest BCUT2D eigenvalue weighted by atomic mass is 10.0. The number of benzene rings is 1. The van der Waals surface area contributed by atoms with Crippen LogP contribution in [0.2, 0.25) is 0 Å². The zero-order chi connectivity index (χ0) is 11.8. The predicted octanol–water partition coefficient (Wildman–Crippen LogP) is 3.31. The molecular weight excluding hydrogens is 212 g/mol. The number of ketones is 1. The Labute approximate surface area is 102 Å². The Bertz CT molecular complexity index is 411. The predicted molar refractivity (Wildman–Crippen MR) is 66.3 cm³/mol. The molecule has 2 nitrogen and oxygen atoms in total. The van der Waals surface area contributed by atoms with Crippen LogP contribution >= 0.6 is 0 Å². The zero-order valence-electron chi connectivity index (χ0n) is 10.2. The molecule has 0 aliphatic heterocycles. The van der Waals surface area contributed by atoms with Gasteiger partial charge in [-0.15, -0.1) is 0 Å². The summed E-state index contributed by atoms with van der Waals surface area (Å²) in [5, 5.41) is 0. The number of hydrogen-bond donors (Lipinski definition) is 0. The molecule has 0 amide bonds. The minimum Gasteiger partial charge on any atom is -0.494 e. The van der Waals surface area contributed by atoms with E-state index in [9.17, 15) is 4.79 Å². The molecule has 1 aromatic carbocycles. The zero-order valence-corrected chi connectivity index (χ0v) is 10.2. The number of carbonyl (C=O) groups excluding carboxylic acids is 1. The first-order chi connectivity index (χ1) is 8.31. The van der Waals surface area contributed by atoms with E-state index < -0.39 is 0 Å². The maximum absolute atomic E-state index is 12.2. The Morgan fingerprint density at radius 3 is 2.47 bits per heavy atom. The summed E-state index contributed by atoms with van der Waals surface area (Å²) in [5.74, 6) is 2.94. The van der Waals surface area contributed by atoms with Gasteiger partial charge in [0.25, 0.3) is 0 Å². The molecular formula is C15H18O2. The van der Waals surface area contributed by atoms with Crippen molar-refractivity contribution in [2.45, 2.75) is 26.2 Å². The maximum Gasteiger partial charge on any atom is 0.166 e. The second-order valence-corrected chi connectivity index (χ2v) is 5.11. The number of carbonyl (C=O) groups is 1. The summed E-state index contributed by atoms with van der Waals surface area (Å²) in [5.41, 5.74) is 0.854. The van der Waals surface area contributed by atoms with Crippen LogP contribution in [-0.2, 0) is 0 Å². The first kappa shape index (κ1) is 10.8. The van der Waals surface area contributed by atoms with Crippen molar-refractivity contribution in [3.05, 3.63) is 29.8 Å². The van der Waals surface area contributed by atoms with E-state index in [1.165, 1.54) is 19.3 Å². The molecule has 0 spiro atoms. The number of hydrogen-bond acceptors (Lipinski definition) is 2. The molecule has 0 N–H and O–H groups in total. The van der Waals surface area contributed by atoms with Gasteiger partial charge in [0, 0.05) is 11.5 Å². The molecule has 0 bridgehead atoms. The lowest BCUT2D eigenvalue weighted by molar-refractivity contribution is 0.0951. The molecule has 17 heavy (non-hydrogen) atoms. The van der Waals surface area contributed by atoms with Gasteiger partial charge in [-0.1, -0.05) is 6.42 Å². The average Bonchev–Trinajstić information content (AvgIpc) is 2.83. The van der Waals surface area contributed by atoms with Gasteiger partial charge in [-0.05, 0) is 55.9 Å². The molecule has 1 aromatic rings. The van der Waals surface area contributed by atoms with E-state index in [0.717, 1.165) is 11.3 Å². The summed E-state index contributed by atoms with van der Waals surface area (Å²) in [6.07, 6.45) is 3.85. The second-order valence-electron chi connectivity index (χ2n) is 5.11. The van der Waals surface area contributed by atoms with Crippen molar-refractivity contribution < 1.29 is 9.53 Å². The lowest BCUT2D eigenvalue weighted by Crippen LogP contribution is -2.06. The van der Waals surface area contributed by atoms with Crippen LogP contribution in [0.4, 0.5) is 0 Å². The summed E-state index contributed by atoms with van der Waals surface area (Å²) in [6.45, 7) is 2.63. The Morgan fingerprint density at radius 2 is 1.88 bits per heavy atom. The van der Waals surface area contributed by atoms with Crippen LogP contribution in [0.15, 0.2) is 24.3 Å². The normalized spacial score (nSPS) is 29.8. The molecule has 0 heterocycles. The van der Waals surface area contributed by atoms with Crippen molar-refractivity contribution in [3.8, 4) is 5.75 Å². The first-order valence-electron chi connectivity index (χ1n) is 6.58. The first-order valence-corrected chi connectivity index (χ1v) is 6.58. The highest BCUT2D eigenvalue weighted by atomic mass is 16.5. The summed E-state index contributed by atoms with van der Waals surface area (Å²) < 4.78 is 5.38. The third kappa shape index (κ3) is 1.86. The van der Waals surface area contributed by atoms with Gasteiger partial charge in [0.1, 0.15) is 5.75 Å². The SMILES string of the molecule is CCOc1ccc(C(=O)C2C3CCCC32)cc1. The Kier molecular flexibility index (Phi) is 2.65. The third-order valence-corrected chi connectivity index (χ3v) is 4.16. The lowest BCUT2D eigenvalue weighted by Gasteiger charge is -2.05. The number of rotatable bonds is 4. The van der Waals surface area contributed by atoms with Crippen molar-refractivity contribution >= 4 is 5.78 Å². The van der Waals surface area contributed by atoms with Gasteiger partial charge < -0.3 is 4.74 Å². The van der Waals surface area contributed by atoms with Crippen LogP contribution in [0.1, 0.15) is 36.5 Å². The highest BCUT2D eigenvalue weighted by molar-refractivity contribution is 6.00. The number of fused-ring (bicyclic) bond motifs is 1. The Morgan fingerprint density at radius 1 is 1.24 bits per heavy atom. The standard InChI is InChI=1S/C15H18O2/c1-2-17-11-8-6-10(7-9-11)15(16)14-12-4-3-5-13(12)14/h6-9,12-14H,2-5H2,1H3. The van der Waals surface area contributed by atoms with Gasteiger partial charge >= 0.3 is 0 Å². The van der Waals surface area contributed by atoms with E-state index in [-0.39, 0.29) is 0 Å². The minimum atomic E-state index is 0.335. The number of Topliss-reactive ketones (excluding diaryl/α,β-unsaturated/α-hetero) is 1. The third-order valence-electron chi connectivity index (χ3n) is 4.16. The fourth-order valence-electron chi connectivity index (χ4n) is 3.28. The van der Waals surface area contributed by atoms with Crippen molar-refractivity contribution in [3.63, 3.8) is 0 Å². The summed E-state index contributed by atoms with van der Waals surface area (Å²) in [7, 11) is 0. The van der Waals surface area contributed by atoms with E-state index >= 15 is 0 Å². The van der Waals surface area contributed by atoms with Crippen molar-refractivity contribution in [1.82, 2.24) is 0 Å². The molecule has 2 fully saturated rings. The van der Waals surface area contributed by atoms with Crippen LogP contribution in [0.3, 0.4) is 0 Å². The molecule has 2 saturated carbocycles. The average molecular weight is 230 g/mol. The van der Waals surface area contributed by atoms with Gasteiger partial charge in [0.2, 0.25) is 0 Å². The van der Waals surface area contributed by atoms with Crippen LogP contribution < -0.4 is 4.74 Å². The van der Waals surface area contributed by atoms with Crippen LogP contribution in [0.25, 0.3) is 0 Å². The molecule has 90 valence electrons. The summed E-state index contributed by atoms with van der Waals surface area (Å²) in [6, 6.07) is 7.60. The molecule has 2 heteroatoms. The van der Waals surface area contributed by atoms with E-state index in [0.29, 0.717) is 30.1 Å². The van der Waals surface area contributed by atoms with E-state index in [2.05, 4.69) is 0 Å². The highest BCUT2D eigenvalue weighted by Crippen LogP contribution is 2.58. The Hall–Kier alpha value is -1.31. The van der Waals surface area contributed by atoms with Crippen LogP contribution in [0.5, 0.6) is 5.75 Å². The quantitative estimate of drug-likeness (QED) is 0.742. The van der Waals surface area contributed by atoms with Crippen LogP contribution in [0, 0.1) is 17.8 Å². The molecule has 3 rings (SSSR count). The van der Waals surface area contributed by atoms with E-state index in [1.54, 1.807) is 0 Å². The number of ether oxygens (including phenoxy) is 1. The monoisotopic (exact) mass is 230 g/mol. The van der Waals surface area contributed by atoms with Crippen LogP contribution in [-0.4, -0.2) is 12.4 Å². The van der Waals surface area contributed by atoms with E-state index in [4.69, 9.17) is 4.74 Å².